The Balaban J connectivity index is 1.98. The van der Waals surface area contributed by atoms with Crippen molar-refractivity contribution in [3.8, 4) is 0 Å². The van der Waals surface area contributed by atoms with Gasteiger partial charge in [-0.15, -0.1) is 0 Å². The molecular formula is C12H12N4O2S2. The smallest absolute Gasteiger partial charge is 0.189 e. The molecule has 2 N–H and O–H groups in total. The minimum atomic E-state index is -3.20. The number of hydrogen-bond acceptors (Lipinski definition) is 6. The SMILES string of the molecule is Cc1cc(Nc2nc3ccc(S(C)(=O)=O)cc3s2)n[nH]1. The number of aromatic amines is 1. The number of H-pyrrole nitrogens is 1. The van der Waals surface area contributed by atoms with E-state index in [1.165, 1.54) is 17.6 Å². The van der Waals surface area contributed by atoms with Gasteiger partial charge in [-0.2, -0.15) is 5.10 Å². The van der Waals surface area contributed by atoms with Gasteiger partial charge in [0.25, 0.3) is 0 Å². The molecule has 0 radical (unpaired) electrons. The predicted octanol–water partition coefficient (Wildman–Crippen LogP) is 2.47. The van der Waals surface area contributed by atoms with E-state index >= 15 is 0 Å². The normalized spacial score (nSPS) is 11.9. The van der Waals surface area contributed by atoms with Crippen molar-refractivity contribution in [3.63, 3.8) is 0 Å². The van der Waals surface area contributed by atoms with Crippen LogP contribution in [-0.2, 0) is 9.84 Å². The molecule has 2 aromatic heterocycles. The van der Waals surface area contributed by atoms with Crippen LogP contribution >= 0.6 is 11.3 Å². The maximum Gasteiger partial charge on any atom is 0.189 e. The van der Waals surface area contributed by atoms with E-state index in [1.807, 2.05) is 13.0 Å². The van der Waals surface area contributed by atoms with Gasteiger partial charge in [0.2, 0.25) is 0 Å². The highest BCUT2D eigenvalue weighted by molar-refractivity contribution is 7.90. The van der Waals surface area contributed by atoms with E-state index in [9.17, 15) is 8.42 Å². The number of thiazole rings is 1. The van der Waals surface area contributed by atoms with E-state index in [4.69, 9.17) is 0 Å². The lowest BCUT2D eigenvalue weighted by Crippen LogP contribution is -1.95. The Hall–Kier alpha value is -1.93. The molecule has 2 heterocycles. The van der Waals surface area contributed by atoms with Crippen LogP contribution in [0.3, 0.4) is 0 Å². The summed E-state index contributed by atoms with van der Waals surface area (Å²) >= 11 is 1.39. The van der Waals surface area contributed by atoms with Crippen molar-refractivity contribution in [3.05, 3.63) is 30.0 Å². The third-order valence-electron chi connectivity index (χ3n) is 2.73. The first-order valence-corrected chi connectivity index (χ1v) is 8.52. The molecule has 0 atom stereocenters. The fraction of sp³-hybridized carbons (Fsp3) is 0.167. The Morgan fingerprint density at radius 3 is 2.75 bits per heavy atom. The van der Waals surface area contributed by atoms with Crippen molar-refractivity contribution in [2.45, 2.75) is 11.8 Å². The van der Waals surface area contributed by atoms with E-state index in [-0.39, 0.29) is 0 Å². The second kappa shape index (κ2) is 4.57. The number of aromatic nitrogens is 3. The molecule has 0 saturated carbocycles. The van der Waals surface area contributed by atoms with Crippen LogP contribution in [0, 0.1) is 6.92 Å². The molecular weight excluding hydrogens is 296 g/mol. The minimum absolute atomic E-state index is 0.302. The molecule has 8 heteroatoms. The first-order chi connectivity index (χ1) is 9.41. The second-order valence-corrected chi connectivity index (χ2v) is 7.53. The Morgan fingerprint density at radius 1 is 1.30 bits per heavy atom. The topological polar surface area (TPSA) is 87.7 Å². The average Bonchev–Trinajstić information content (AvgIpc) is 2.93. The predicted molar refractivity (Wildman–Crippen MR) is 79.3 cm³/mol. The molecule has 0 saturated heterocycles. The zero-order chi connectivity index (χ0) is 14.3. The summed E-state index contributed by atoms with van der Waals surface area (Å²) < 4.78 is 23.9. The summed E-state index contributed by atoms with van der Waals surface area (Å²) in [5.41, 5.74) is 1.71. The van der Waals surface area contributed by atoms with Gasteiger partial charge in [0.05, 0.1) is 15.1 Å². The molecule has 20 heavy (non-hydrogen) atoms. The van der Waals surface area contributed by atoms with Crippen molar-refractivity contribution in [2.24, 2.45) is 0 Å². The van der Waals surface area contributed by atoms with Gasteiger partial charge in [0.1, 0.15) is 0 Å². The zero-order valence-corrected chi connectivity index (χ0v) is 12.5. The molecule has 1 aromatic carbocycles. The lowest BCUT2D eigenvalue weighted by Gasteiger charge is -1.96. The molecule has 3 aromatic rings. The number of hydrogen-bond donors (Lipinski definition) is 2. The quantitative estimate of drug-likeness (QED) is 0.776. The van der Waals surface area contributed by atoms with Crippen LogP contribution in [-0.4, -0.2) is 29.9 Å². The van der Waals surface area contributed by atoms with Crippen molar-refractivity contribution >= 4 is 42.3 Å². The first kappa shape index (κ1) is 13.1. The number of aryl methyl sites for hydroxylation is 1. The summed E-state index contributed by atoms with van der Waals surface area (Å²) in [7, 11) is -3.20. The lowest BCUT2D eigenvalue weighted by atomic mass is 10.3. The van der Waals surface area contributed by atoms with Crippen LogP contribution in [0.2, 0.25) is 0 Å². The van der Waals surface area contributed by atoms with Crippen molar-refractivity contribution < 1.29 is 8.42 Å². The highest BCUT2D eigenvalue weighted by Crippen LogP contribution is 2.29. The second-order valence-electron chi connectivity index (χ2n) is 4.48. The third-order valence-corrected chi connectivity index (χ3v) is 4.77. The summed E-state index contributed by atoms with van der Waals surface area (Å²) in [4.78, 5) is 4.70. The first-order valence-electron chi connectivity index (χ1n) is 5.81. The highest BCUT2D eigenvalue weighted by Gasteiger charge is 2.11. The number of nitrogens with one attached hydrogen (secondary N) is 2. The summed E-state index contributed by atoms with van der Waals surface area (Å²) in [6.45, 7) is 1.91. The molecule has 0 fully saturated rings. The van der Waals surface area contributed by atoms with E-state index < -0.39 is 9.84 Å². The Morgan fingerprint density at radius 2 is 2.10 bits per heavy atom. The number of rotatable bonds is 3. The van der Waals surface area contributed by atoms with Crippen molar-refractivity contribution in [2.75, 3.05) is 11.6 Å². The third kappa shape index (κ3) is 2.52. The Kier molecular flexibility index (Phi) is 2.98. The highest BCUT2D eigenvalue weighted by atomic mass is 32.2. The standard InChI is InChI=1S/C12H12N4O2S2/c1-7-5-11(16-15-7)14-12-13-9-4-3-8(20(2,17)18)6-10(9)19-12/h3-6H,1-2H3,(H2,13,14,15,16). The number of sulfone groups is 1. The van der Waals surface area contributed by atoms with Crippen LogP contribution in [0.4, 0.5) is 10.9 Å². The maximum absolute atomic E-state index is 11.5. The summed E-state index contributed by atoms with van der Waals surface area (Å²) in [5, 5.41) is 10.7. The molecule has 6 nitrogen and oxygen atoms in total. The van der Waals surface area contributed by atoms with Crippen molar-refractivity contribution in [1.82, 2.24) is 15.2 Å². The van der Waals surface area contributed by atoms with Gasteiger partial charge in [-0.3, -0.25) is 5.10 Å². The average molecular weight is 308 g/mol. The number of fused-ring (bicyclic) bond motifs is 1. The van der Waals surface area contributed by atoms with Crippen LogP contribution in [0.25, 0.3) is 10.2 Å². The van der Waals surface area contributed by atoms with Gasteiger partial charge in [0.15, 0.2) is 20.8 Å². The molecule has 104 valence electrons. The van der Waals surface area contributed by atoms with Crippen LogP contribution in [0.1, 0.15) is 5.69 Å². The molecule has 0 spiro atoms. The van der Waals surface area contributed by atoms with E-state index in [0.717, 1.165) is 15.9 Å². The number of benzene rings is 1. The molecule has 0 bridgehead atoms. The molecule has 0 amide bonds. The maximum atomic E-state index is 11.5. The molecule has 0 aliphatic rings. The fourth-order valence-corrected chi connectivity index (χ4v) is 3.41. The summed E-state index contributed by atoms with van der Waals surface area (Å²) in [6, 6.07) is 6.79. The molecule has 3 rings (SSSR count). The van der Waals surface area contributed by atoms with E-state index in [2.05, 4.69) is 20.5 Å². The Bertz CT molecular complexity index is 880. The van der Waals surface area contributed by atoms with Gasteiger partial charge >= 0.3 is 0 Å². The monoisotopic (exact) mass is 308 g/mol. The zero-order valence-electron chi connectivity index (χ0n) is 10.8. The number of nitrogens with zero attached hydrogens (tertiary/aromatic N) is 2. The molecule has 0 unspecified atom stereocenters. The van der Waals surface area contributed by atoms with Gasteiger partial charge < -0.3 is 5.32 Å². The van der Waals surface area contributed by atoms with Crippen LogP contribution < -0.4 is 5.32 Å². The molecule has 0 aliphatic heterocycles. The van der Waals surface area contributed by atoms with Gasteiger partial charge in [-0.05, 0) is 25.1 Å². The van der Waals surface area contributed by atoms with Crippen LogP contribution in [0.15, 0.2) is 29.2 Å². The lowest BCUT2D eigenvalue weighted by molar-refractivity contribution is 0.602. The largest absolute Gasteiger partial charge is 0.315 e. The van der Waals surface area contributed by atoms with E-state index in [0.29, 0.717) is 15.8 Å². The van der Waals surface area contributed by atoms with Gasteiger partial charge in [-0.1, -0.05) is 11.3 Å². The summed E-state index contributed by atoms with van der Waals surface area (Å²) in [5.74, 6) is 0.685. The van der Waals surface area contributed by atoms with E-state index in [1.54, 1.807) is 18.2 Å². The molecule has 0 aliphatic carbocycles. The minimum Gasteiger partial charge on any atom is -0.315 e. The van der Waals surface area contributed by atoms with Gasteiger partial charge in [-0.25, -0.2) is 13.4 Å². The van der Waals surface area contributed by atoms with Gasteiger partial charge in [0, 0.05) is 18.0 Å². The Labute approximate surface area is 119 Å². The summed E-state index contributed by atoms with van der Waals surface area (Å²) in [6.07, 6.45) is 1.20. The number of anilines is 2. The van der Waals surface area contributed by atoms with Crippen molar-refractivity contribution in [1.29, 1.82) is 0 Å². The fourth-order valence-electron chi connectivity index (χ4n) is 1.78. The van der Waals surface area contributed by atoms with Crippen LogP contribution in [0.5, 0.6) is 0 Å².